The van der Waals surface area contributed by atoms with Crippen LogP contribution in [0.4, 0.5) is 4.79 Å². The Hall–Kier alpha value is -2.04. The third-order valence-electron chi connectivity index (χ3n) is 2.88. The van der Waals surface area contributed by atoms with Gasteiger partial charge in [-0.1, -0.05) is 6.07 Å². The Labute approximate surface area is 105 Å². The minimum Gasteiger partial charge on any atom is -0.494 e. The van der Waals surface area contributed by atoms with Crippen LogP contribution in [-0.2, 0) is 11.2 Å². The highest BCUT2D eigenvalue weighted by atomic mass is 16.5. The number of hydrogen-bond acceptors (Lipinski definition) is 4. The van der Waals surface area contributed by atoms with E-state index in [4.69, 9.17) is 4.74 Å². The second kappa shape index (κ2) is 5.08. The first-order valence-electron chi connectivity index (χ1n) is 5.80. The van der Waals surface area contributed by atoms with Crippen LogP contribution >= 0.6 is 0 Å². The summed E-state index contributed by atoms with van der Waals surface area (Å²) >= 11 is 0. The van der Waals surface area contributed by atoms with E-state index in [2.05, 4.69) is 10.1 Å². The zero-order valence-electron chi connectivity index (χ0n) is 10.4. The number of rotatable bonds is 3. The van der Waals surface area contributed by atoms with Crippen LogP contribution in [0, 0.1) is 0 Å². The lowest BCUT2D eigenvalue weighted by Gasteiger charge is -2.08. The molecule has 1 aromatic rings. The summed E-state index contributed by atoms with van der Waals surface area (Å²) in [6.07, 6.45) is -0.0958. The first-order valence-corrected chi connectivity index (χ1v) is 5.80. The molecule has 0 heterocycles. The van der Waals surface area contributed by atoms with E-state index in [0.29, 0.717) is 24.3 Å². The summed E-state index contributed by atoms with van der Waals surface area (Å²) < 4.78 is 9.85. The van der Waals surface area contributed by atoms with Crippen LogP contribution in [0.5, 0.6) is 5.75 Å². The predicted molar refractivity (Wildman–Crippen MR) is 65.0 cm³/mol. The molecule has 5 heteroatoms. The van der Waals surface area contributed by atoms with Crippen LogP contribution in [0.3, 0.4) is 0 Å². The van der Waals surface area contributed by atoms with Gasteiger partial charge in [0.05, 0.1) is 19.8 Å². The number of Topliss-reactive ketones (excluding diaryl/α,β-unsaturated/α-hetero) is 1. The maximum absolute atomic E-state index is 12.1. The van der Waals surface area contributed by atoms with Crippen molar-refractivity contribution in [2.75, 3.05) is 13.7 Å². The third-order valence-corrected chi connectivity index (χ3v) is 2.88. The van der Waals surface area contributed by atoms with Gasteiger partial charge in [-0.25, -0.2) is 4.79 Å². The van der Waals surface area contributed by atoms with Gasteiger partial charge in [0.1, 0.15) is 5.75 Å². The molecule has 1 aliphatic rings. The molecule has 0 unspecified atom stereocenters. The molecular formula is C13H15NO4. The van der Waals surface area contributed by atoms with E-state index in [-0.39, 0.29) is 5.78 Å². The number of nitrogens with one attached hydrogen (secondary N) is 1. The SMILES string of the molecule is CCOc1ccc2c(c1)C(=O)[C@@H](NC(=O)OC)C2. The topological polar surface area (TPSA) is 64.6 Å². The van der Waals surface area contributed by atoms with Crippen molar-refractivity contribution in [2.45, 2.75) is 19.4 Å². The number of ketones is 1. The van der Waals surface area contributed by atoms with Crippen LogP contribution < -0.4 is 10.1 Å². The van der Waals surface area contributed by atoms with Gasteiger partial charge in [-0.05, 0) is 24.6 Å². The van der Waals surface area contributed by atoms with E-state index in [1.807, 2.05) is 19.1 Å². The molecule has 1 aromatic carbocycles. The lowest BCUT2D eigenvalue weighted by atomic mass is 10.1. The van der Waals surface area contributed by atoms with Gasteiger partial charge in [0.2, 0.25) is 0 Å². The highest BCUT2D eigenvalue weighted by Crippen LogP contribution is 2.26. The van der Waals surface area contributed by atoms with E-state index in [0.717, 1.165) is 5.56 Å². The molecule has 0 saturated heterocycles. The molecule has 0 saturated carbocycles. The quantitative estimate of drug-likeness (QED) is 0.882. The Kier molecular flexibility index (Phi) is 3.50. The number of carbonyl (C=O) groups is 2. The molecule has 1 N–H and O–H groups in total. The molecule has 96 valence electrons. The van der Waals surface area contributed by atoms with Gasteiger partial charge in [0.15, 0.2) is 5.78 Å². The Morgan fingerprint density at radius 2 is 2.28 bits per heavy atom. The highest BCUT2D eigenvalue weighted by molar-refractivity contribution is 6.06. The van der Waals surface area contributed by atoms with Crippen molar-refractivity contribution in [3.05, 3.63) is 29.3 Å². The van der Waals surface area contributed by atoms with Crippen molar-refractivity contribution >= 4 is 11.9 Å². The molecule has 0 bridgehead atoms. The first kappa shape index (κ1) is 12.4. The first-order chi connectivity index (χ1) is 8.65. The van der Waals surface area contributed by atoms with Gasteiger partial charge in [-0.15, -0.1) is 0 Å². The zero-order chi connectivity index (χ0) is 13.1. The fourth-order valence-electron chi connectivity index (χ4n) is 2.04. The Bertz CT molecular complexity index is 484. The molecule has 5 nitrogen and oxygen atoms in total. The van der Waals surface area contributed by atoms with Crippen molar-refractivity contribution in [1.29, 1.82) is 0 Å². The van der Waals surface area contributed by atoms with Gasteiger partial charge in [-0.2, -0.15) is 0 Å². The summed E-state index contributed by atoms with van der Waals surface area (Å²) in [6, 6.07) is 4.87. The summed E-state index contributed by atoms with van der Waals surface area (Å²) in [5.41, 5.74) is 1.53. The molecule has 0 fully saturated rings. The minimum absolute atomic E-state index is 0.100. The molecule has 1 atom stereocenters. The molecule has 2 rings (SSSR count). The van der Waals surface area contributed by atoms with Gasteiger partial charge >= 0.3 is 6.09 Å². The highest BCUT2D eigenvalue weighted by Gasteiger charge is 2.32. The van der Waals surface area contributed by atoms with Crippen LogP contribution in [0.15, 0.2) is 18.2 Å². The molecule has 18 heavy (non-hydrogen) atoms. The van der Waals surface area contributed by atoms with Crippen molar-refractivity contribution < 1.29 is 19.1 Å². The molecule has 0 aliphatic heterocycles. The van der Waals surface area contributed by atoms with Gasteiger partial charge in [-0.3, -0.25) is 4.79 Å². The van der Waals surface area contributed by atoms with Crippen molar-refractivity contribution in [2.24, 2.45) is 0 Å². The predicted octanol–water partition coefficient (Wildman–Crippen LogP) is 1.55. The van der Waals surface area contributed by atoms with Gasteiger partial charge < -0.3 is 14.8 Å². The molecule has 0 spiro atoms. The van der Waals surface area contributed by atoms with Crippen LogP contribution in [0.2, 0.25) is 0 Å². The fraction of sp³-hybridized carbons (Fsp3) is 0.385. The van der Waals surface area contributed by atoms with Crippen molar-refractivity contribution in [1.82, 2.24) is 5.32 Å². The number of amides is 1. The monoisotopic (exact) mass is 249 g/mol. The van der Waals surface area contributed by atoms with E-state index < -0.39 is 12.1 Å². The number of benzene rings is 1. The molecule has 1 amide bonds. The lowest BCUT2D eigenvalue weighted by molar-refractivity contribution is 0.0946. The minimum atomic E-state index is -0.591. The second-order valence-corrected chi connectivity index (χ2v) is 4.01. The zero-order valence-corrected chi connectivity index (χ0v) is 10.4. The van der Waals surface area contributed by atoms with E-state index in [1.54, 1.807) is 6.07 Å². The number of methoxy groups -OCH3 is 1. The summed E-state index contributed by atoms with van der Waals surface area (Å²) in [7, 11) is 1.27. The number of hydrogen-bond donors (Lipinski definition) is 1. The van der Waals surface area contributed by atoms with Gasteiger partial charge in [0, 0.05) is 12.0 Å². The molecule has 0 radical (unpaired) electrons. The third kappa shape index (κ3) is 2.30. The van der Waals surface area contributed by atoms with Crippen molar-refractivity contribution in [3.63, 3.8) is 0 Å². The number of carbonyl (C=O) groups excluding carboxylic acids is 2. The van der Waals surface area contributed by atoms with E-state index in [1.165, 1.54) is 7.11 Å². The normalized spacial score (nSPS) is 17.2. The Morgan fingerprint density at radius 3 is 2.94 bits per heavy atom. The number of ether oxygens (including phenoxy) is 2. The van der Waals surface area contributed by atoms with E-state index in [9.17, 15) is 9.59 Å². The Morgan fingerprint density at radius 1 is 1.50 bits per heavy atom. The van der Waals surface area contributed by atoms with Crippen LogP contribution in [-0.4, -0.2) is 31.6 Å². The largest absolute Gasteiger partial charge is 0.494 e. The van der Waals surface area contributed by atoms with Crippen molar-refractivity contribution in [3.8, 4) is 5.75 Å². The average Bonchev–Trinajstić information content (AvgIpc) is 2.67. The van der Waals surface area contributed by atoms with E-state index >= 15 is 0 Å². The molecule has 0 aromatic heterocycles. The second-order valence-electron chi connectivity index (χ2n) is 4.01. The summed E-state index contributed by atoms with van der Waals surface area (Å²) in [4.78, 5) is 23.2. The van der Waals surface area contributed by atoms with Crippen LogP contribution in [0.1, 0.15) is 22.8 Å². The summed E-state index contributed by atoms with van der Waals surface area (Å²) in [5, 5.41) is 2.53. The van der Waals surface area contributed by atoms with Crippen LogP contribution in [0.25, 0.3) is 0 Å². The molecular weight excluding hydrogens is 234 g/mol. The van der Waals surface area contributed by atoms with Gasteiger partial charge in [0.25, 0.3) is 0 Å². The summed E-state index contributed by atoms with van der Waals surface area (Å²) in [5.74, 6) is 0.570. The average molecular weight is 249 g/mol. The lowest BCUT2D eigenvalue weighted by Crippen LogP contribution is -2.38. The fourth-order valence-corrected chi connectivity index (χ4v) is 2.04. The number of fused-ring (bicyclic) bond motifs is 1. The standard InChI is InChI=1S/C13H15NO4/c1-3-18-9-5-4-8-6-11(14-13(16)17-2)12(15)10(8)7-9/h4-5,7,11H,3,6H2,1-2H3,(H,14,16)/t11-/m0/s1. The number of alkyl carbamates (subject to hydrolysis) is 1. The summed E-state index contributed by atoms with van der Waals surface area (Å²) in [6.45, 7) is 2.44. The maximum Gasteiger partial charge on any atom is 0.407 e. The maximum atomic E-state index is 12.1. The Balaban J connectivity index is 2.17. The smallest absolute Gasteiger partial charge is 0.407 e. The molecule has 1 aliphatic carbocycles.